The molecule has 1 heterocycles. The van der Waals surface area contributed by atoms with Crippen LogP contribution in [0.4, 0.5) is 0 Å². The number of hydrogen-bond acceptors (Lipinski definition) is 5. The molecular weight excluding hydrogens is 246 g/mol. The van der Waals surface area contributed by atoms with Crippen LogP contribution in [-0.4, -0.2) is 13.1 Å². The van der Waals surface area contributed by atoms with Gasteiger partial charge in [-0.2, -0.15) is 5.26 Å². The lowest BCUT2D eigenvalue weighted by atomic mass is 10.1. The van der Waals surface area contributed by atoms with Crippen molar-refractivity contribution in [1.29, 1.82) is 5.26 Å². The maximum Gasteiger partial charge on any atom is 0.375 e. The van der Waals surface area contributed by atoms with Gasteiger partial charge in [0.1, 0.15) is 11.8 Å². The Kier molecular flexibility index (Phi) is 3.84. The number of methoxy groups -OCH3 is 1. The SMILES string of the molecule is COc1ccc(C(C#N)OC(=O)c2ccco2)cc1. The predicted molar refractivity (Wildman–Crippen MR) is 65.5 cm³/mol. The van der Waals surface area contributed by atoms with Gasteiger partial charge < -0.3 is 13.9 Å². The number of rotatable bonds is 4. The summed E-state index contributed by atoms with van der Waals surface area (Å²) < 4.78 is 15.0. The van der Waals surface area contributed by atoms with Gasteiger partial charge in [0.05, 0.1) is 13.4 Å². The molecule has 0 saturated heterocycles. The van der Waals surface area contributed by atoms with Gasteiger partial charge in [-0.1, -0.05) is 12.1 Å². The summed E-state index contributed by atoms with van der Waals surface area (Å²) in [5, 5.41) is 9.06. The van der Waals surface area contributed by atoms with Crippen molar-refractivity contribution in [3.63, 3.8) is 0 Å². The van der Waals surface area contributed by atoms with E-state index < -0.39 is 12.1 Å². The molecule has 2 rings (SSSR count). The Balaban J connectivity index is 2.12. The summed E-state index contributed by atoms with van der Waals surface area (Å²) in [6.07, 6.45) is 0.384. The fourth-order valence-electron chi connectivity index (χ4n) is 1.51. The summed E-state index contributed by atoms with van der Waals surface area (Å²) in [5.74, 6) is 0.0546. The maximum atomic E-state index is 11.7. The molecule has 1 aromatic carbocycles. The molecule has 2 aromatic rings. The second-order valence-electron chi connectivity index (χ2n) is 3.66. The van der Waals surface area contributed by atoms with E-state index in [1.54, 1.807) is 37.4 Å². The lowest BCUT2D eigenvalue weighted by molar-refractivity contribution is 0.0367. The van der Waals surface area contributed by atoms with Gasteiger partial charge in [0.25, 0.3) is 0 Å². The van der Waals surface area contributed by atoms with Crippen molar-refractivity contribution in [1.82, 2.24) is 0 Å². The van der Waals surface area contributed by atoms with Crippen LogP contribution >= 0.6 is 0 Å². The number of carbonyl (C=O) groups is 1. The van der Waals surface area contributed by atoms with Gasteiger partial charge in [-0.15, -0.1) is 0 Å². The van der Waals surface area contributed by atoms with Gasteiger partial charge in [-0.3, -0.25) is 0 Å². The quantitative estimate of drug-likeness (QED) is 0.787. The Hall–Kier alpha value is -2.74. The molecule has 1 unspecified atom stereocenters. The second-order valence-corrected chi connectivity index (χ2v) is 3.66. The summed E-state index contributed by atoms with van der Waals surface area (Å²) in [6.45, 7) is 0. The molecule has 5 heteroatoms. The molecule has 1 aromatic heterocycles. The number of benzene rings is 1. The Morgan fingerprint density at radius 1 is 1.32 bits per heavy atom. The van der Waals surface area contributed by atoms with E-state index in [2.05, 4.69) is 0 Å². The lowest BCUT2D eigenvalue weighted by Gasteiger charge is -2.10. The molecule has 0 aliphatic rings. The summed E-state index contributed by atoms with van der Waals surface area (Å²) in [6, 6.07) is 11.7. The van der Waals surface area contributed by atoms with Crippen LogP contribution < -0.4 is 4.74 Å². The first-order valence-electron chi connectivity index (χ1n) is 5.52. The normalized spacial score (nSPS) is 11.4. The van der Waals surface area contributed by atoms with Crippen molar-refractivity contribution in [2.45, 2.75) is 6.10 Å². The number of hydrogen-bond donors (Lipinski definition) is 0. The molecular formula is C14H11NO4. The first-order chi connectivity index (χ1) is 9.24. The van der Waals surface area contributed by atoms with E-state index in [4.69, 9.17) is 19.2 Å². The molecule has 0 spiro atoms. The van der Waals surface area contributed by atoms with Gasteiger partial charge >= 0.3 is 5.97 Å². The molecule has 0 amide bonds. The van der Waals surface area contributed by atoms with E-state index in [1.165, 1.54) is 12.3 Å². The molecule has 0 fully saturated rings. The van der Waals surface area contributed by atoms with Crippen molar-refractivity contribution in [2.75, 3.05) is 7.11 Å². The van der Waals surface area contributed by atoms with Crippen molar-refractivity contribution in [3.8, 4) is 11.8 Å². The average molecular weight is 257 g/mol. The summed E-state index contributed by atoms with van der Waals surface area (Å²) in [5.41, 5.74) is 0.572. The van der Waals surface area contributed by atoms with Gasteiger partial charge in [0, 0.05) is 5.56 Å². The molecule has 19 heavy (non-hydrogen) atoms. The van der Waals surface area contributed by atoms with E-state index in [0.29, 0.717) is 11.3 Å². The molecule has 0 N–H and O–H groups in total. The molecule has 0 saturated carbocycles. The fourth-order valence-corrected chi connectivity index (χ4v) is 1.51. The summed E-state index contributed by atoms with van der Waals surface area (Å²) in [7, 11) is 1.55. The highest BCUT2D eigenvalue weighted by Gasteiger charge is 2.19. The standard InChI is InChI=1S/C14H11NO4/c1-17-11-6-4-10(5-7-11)13(9-15)19-14(16)12-3-2-8-18-12/h2-8,13H,1H3. The van der Waals surface area contributed by atoms with Crippen molar-refractivity contribution in [2.24, 2.45) is 0 Å². The van der Waals surface area contributed by atoms with Gasteiger partial charge in [-0.25, -0.2) is 4.79 Å². The largest absolute Gasteiger partial charge is 0.497 e. The Morgan fingerprint density at radius 2 is 2.05 bits per heavy atom. The molecule has 5 nitrogen and oxygen atoms in total. The van der Waals surface area contributed by atoms with Crippen LogP contribution in [0, 0.1) is 11.3 Å². The minimum absolute atomic E-state index is 0.0637. The number of esters is 1. The first kappa shape index (κ1) is 12.7. The Labute approximate surface area is 110 Å². The van der Waals surface area contributed by atoms with Crippen molar-refractivity contribution < 1.29 is 18.7 Å². The highest BCUT2D eigenvalue weighted by atomic mass is 16.6. The molecule has 0 aliphatic carbocycles. The lowest BCUT2D eigenvalue weighted by Crippen LogP contribution is -2.09. The third kappa shape index (κ3) is 2.93. The highest BCUT2D eigenvalue weighted by molar-refractivity contribution is 5.86. The van der Waals surface area contributed by atoms with E-state index in [0.717, 1.165) is 0 Å². The highest BCUT2D eigenvalue weighted by Crippen LogP contribution is 2.21. The van der Waals surface area contributed by atoms with Crippen LogP contribution in [0.25, 0.3) is 0 Å². The fraction of sp³-hybridized carbons (Fsp3) is 0.143. The number of nitriles is 1. The zero-order valence-corrected chi connectivity index (χ0v) is 10.2. The van der Waals surface area contributed by atoms with E-state index in [9.17, 15) is 4.79 Å². The zero-order chi connectivity index (χ0) is 13.7. The van der Waals surface area contributed by atoms with Crippen LogP contribution in [-0.2, 0) is 4.74 Å². The van der Waals surface area contributed by atoms with E-state index >= 15 is 0 Å². The molecule has 0 radical (unpaired) electrons. The third-order valence-corrected chi connectivity index (χ3v) is 2.48. The summed E-state index contributed by atoms with van der Waals surface area (Å²) in [4.78, 5) is 11.7. The first-order valence-corrected chi connectivity index (χ1v) is 5.52. The van der Waals surface area contributed by atoms with Gasteiger partial charge in [-0.05, 0) is 24.3 Å². The Bertz CT molecular complexity index is 581. The topological polar surface area (TPSA) is 72.5 Å². The van der Waals surface area contributed by atoms with Gasteiger partial charge in [0.15, 0.2) is 0 Å². The molecule has 0 aliphatic heterocycles. The Morgan fingerprint density at radius 3 is 2.58 bits per heavy atom. The minimum Gasteiger partial charge on any atom is -0.497 e. The second kappa shape index (κ2) is 5.74. The number of carbonyl (C=O) groups excluding carboxylic acids is 1. The monoisotopic (exact) mass is 257 g/mol. The van der Waals surface area contributed by atoms with Crippen LogP contribution in [0.3, 0.4) is 0 Å². The van der Waals surface area contributed by atoms with Crippen LogP contribution in [0.5, 0.6) is 5.75 Å². The molecule has 0 bridgehead atoms. The molecule has 96 valence electrons. The smallest absolute Gasteiger partial charge is 0.375 e. The number of furan rings is 1. The maximum absolute atomic E-state index is 11.7. The summed E-state index contributed by atoms with van der Waals surface area (Å²) >= 11 is 0. The van der Waals surface area contributed by atoms with Crippen molar-refractivity contribution in [3.05, 3.63) is 54.0 Å². The third-order valence-electron chi connectivity index (χ3n) is 2.48. The average Bonchev–Trinajstić information content (AvgIpc) is 2.99. The van der Waals surface area contributed by atoms with Crippen molar-refractivity contribution >= 4 is 5.97 Å². The number of ether oxygens (including phenoxy) is 2. The number of nitrogens with zero attached hydrogens (tertiary/aromatic N) is 1. The van der Waals surface area contributed by atoms with E-state index in [-0.39, 0.29) is 5.76 Å². The minimum atomic E-state index is -0.983. The van der Waals surface area contributed by atoms with Crippen LogP contribution in [0.2, 0.25) is 0 Å². The predicted octanol–water partition coefficient (Wildman–Crippen LogP) is 2.71. The molecule has 1 atom stereocenters. The van der Waals surface area contributed by atoms with Gasteiger partial charge in [0.2, 0.25) is 11.9 Å². The van der Waals surface area contributed by atoms with Crippen LogP contribution in [0.15, 0.2) is 47.1 Å². The van der Waals surface area contributed by atoms with E-state index in [1.807, 2.05) is 6.07 Å². The zero-order valence-electron chi connectivity index (χ0n) is 10.2. The van der Waals surface area contributed by atoms with Crippen LogP contribution in [0.1, 0.15) is 22.2 Å².